The Kier molecular flexibility index (Phi) is 16.4. The molecule has 0 aliphatic carbocycles. The van der Waals surface area contributed by atoms with Crippen LogP contribution in [0.15, 0.2) is 0 Å². The minimum atomic E-state index is -0.987. The number of hydrogen-bond donors (Lipinski definition) is 2. The second kappa shape index (κ2) is 17.1. The molecule has 27 heavy (non-hydrogen) atoms. The summed E-state index contributed by atoms with van der Waals surface area (Å²) in [6, 6.07) is 0. The second-order valence-electron chi connectivity index (χ2n) is 9.18. The van der Waals surface area contributed by atoms with Gasteiger partial charge in [0, 0.05) is 6.42 Å². The first-order chi connectivity index (χ1) is 12.8. The molecule has 0 fully saturated rings. The lowest BCUT2D eigenvalue weighted by atomic mass is 9.89. The maximum absolute atomic E-state index is 11.3. The van der Waals surface area contributed by atoms with Crippen molar-refractivity contribution >= 4 is 11.9 Å². The molecule has 0 aromatic heterocycles. The lowest BCUT2D eigenvalue weighted by Crippen LogP contribution is -2.28. The van der Waals surface area contributed by atoms with Gasteiger partial charge >= 0.3 is 5.97 Å². The lowest BCUT2D eigenvalue weighted by molar-refractivity contribution is -0.137. The Morgan fingerprint density at radius 3 is 1.41 bits per heavy atom. The van der Waals surface area contributed by atoms with Crippen LogP contribution in [0.2, 0.25) is 0 Å². The van der Waals surface area contributed by atoms with Gasteiger partial charge in [0.15, 0.2) is 0 Å². The SMILES string of the molecule is CC(C)(C)CCCCCCCCCCCCCCCCC(=O)NCC(=O)O. The van der Waals surface area contributed by atoms with Crippen LogP contribution in [-0.2, 0) is 9.59 Å². The van der Waals surface area contributed by atoms with Gasteiger partial charge in [-0.1, -0.05) is 104 Å². The van der Waals surface area contributed by atoms with Crippen LogP contribution in [0.1, 0.15) is 124 Å². The summed E-state index contributed by atoms with van der Waals surface area (Å²) in [5.41, 5.74) is 0.497. The number of hydrogen-bond acceptors (Lipinski definition) is 2. The van der Waals surface area contributed by atoms with E-state index in [2.05, 4.69) is 26.1 Å². The van der Waals surface area contributed by atoms with Gasteiger partial charge in [-0.25, -0.2) is 0 Å². The summed E-state index contributed by atoms with van der Waals surface area (Å²) in [7, 11) is 0. The van der Waals surface area contributed by atoms with Gasteiger partial charge in [-0.05, 0) is 18.3 Å². The maximum atomic E-state index is 11.3. The molecule has 0 bridgehead atoms. The van der Waals surface area contributed by atoms with Gasteiger partial charge in [-0.15, -0.1) is 0 Å². The summed E-state index contributed by atoms with van der Waals surface area (Å²) >= 11 is 0. The van der Waals surface area contributed by atoms with E-state index >= 15 is 0 Å². The van der Waals surface area contributed by atoms with E-state index in [4.69, 9.17) is 5.11 Å². The van der Waals surface area contributed by atoms with Crippen LogP contribution >= 0.6 is 0 Å². The average Bonchev–Trinajstić information content (AvgIpc) is 2.58. The number of nitrogens with one attached hydrogen (secondary N) is 1. The first-order valence-corrected chi connectivity index (χ1v) is 11.3. The predicted molar refractivity (Wildman–Crippen MR) is 114 cm³/mol. The van der Waals surface area contributed by atoms with Crippen molar-refractivity contribution < 1.29 is 14.7 Å². The van der Waals surface area contributed by atoms with Crippen LogP contribution in [0, 0.1) is 5.41 Å². The zero-order valence-electron chi connectivity index (χ0n) is 18.3. The maximum Gasteiger partial charge on any atom is 0.322 e. The largest absolute Gasteiger partial charge is 0.480 e. The molecule has 0 saturated carbocycles. The topological polar surface area (TPSA) is 66.4 Å². The molecule has 0 rings (SSSR count). The second-order valence-corrected chi connectivity index (χ2v) is 9.18. The van der Waals surface area contributed by atoms with Crippen molar-refractivity contribution in [3.8, 4) is 0 Å². The molecular weight excluding hydrogens is 338 g/mol. The van der Waals surface area contributed by atoms with Crippen LogP contribution in [0.3, 0.4) is 0 Å². The van der Waals surface area contributed by atoms with Crippen molar-refractivity contribution in [1.82, 2.24) is 5.32 Å². The third-order valence-corrected chi connectivity index (χ3v) is 5.02. The summed E-state index contributed by atoms with van der Waals surface area (Å²) < 4.78 is 0. The number of rotatable bonds is 18. The number of unbranched alkanes of at least 4 members (excludes halogenated alkanes) is 13. The molecule has 160 valence electrons. The Morgan fingerprint density at radius 2 is 1.04 bits per heavy atom. The molecule has 0 aromatic carbocycles. The van der Waals surface area contributed by atoms with Gasteiger partial charge in [0.2, 0.25) is 5.91 Å². The van der Waals surface area contributed by atoms with E-state index in [1.807, 2.05) is 0 Å². The fourth-order valence-corrected chi connectivity index (χ4v) is 3.32. The smallest absolute Gasteiger partial charge is 0.322 e. The summed E-state index contributed by atoms with van der Waals surface area (Å²) in [5, 5.41) is 10.9. The van der Waals surface area contributed by atoms with E-state index in [0.29, 0.717) is 11.8 Å². The minimum absolute atomic E-state index is 0.147. The van der Waals surface area contributed by atoms with Gasteiger partial charge in [-0.3, -0.25) is 9.59 Å². The highest BCUT2D eigenvalue weighted by molar-refractivity contribution is 5.80. The van der Waals surface area contributed by atoms with E-state index < -0.39 is 5.97 Å². The van der Waals surface area contributed by atoms with E-state index in [-0.39, 0.29) is 12.5 Å². The van der Waals surface area contributed by atoms with Crippen LogP contribution in [0.4, 0.5) is 0 Å². The van der Waals surface area contributed by atoms with Gasteiger partial charge in [0.05, 0.1) is 0 Å². The monoisotopic (exact) mass is 383 g/mol. The van der Waals surface area contributed by atoms with Crippen LogP contribution in [-0.4, -0.2) is 23.5 Å². The van der Waals surface area contributed by atoms with E-state index in [0.717, 1.165) is 12.8 Å². The number of aliphatic carboxylic acids is 1. The quantitative estimate of drug-likeness (QED) is 0.266. The molecular formula is C23H45NO3. The molecule has 4 heteroatoms. The molecule has 0 saturated heterocycles. The lowest BCUT2D eigenvalue weighted by Gasteiger charge is -2.17. The Bertz CT molecular complexity index is 374. The molecule has 0 aliphatic heterocycles. The first-order valence-electron chi connectivity index (χ1n) is 11.3. The normalized spacial score (nSPS) is 11.5. The summed E-state index contributed by atoms with van der Waals surface area (Å²) in [5.74, 6) is -1.13. The van der Waals surface area contributed by atoms with Crippen LogP contribution < -0.4 is 5.32 Å². The number of carboxylic acid groups (broad SMARTS) is 1. The van der Waals surface area contributed by atoms with Crippen LogP contribution in [0.25, 0.3) is 0 Å². The first kappa shape index (κ1) is 25.9. The Morgan fingerprint density at radius 1 is 0.667 bits per heavy atom. The summed E-state index contributed by atoms with van der Waals surface area (Å²) in [4.78, 5) is 21.7. The molecule has 0 aromatic rings. The fourth-order valence-electron chi connectivity index (χ4n) is 3.32. The van der Waals surface area contributed by atoms with Crippen LogP contribution in [0.5, 0.6) is 0 Å². The average molecular weight is 384 g/mol. The Hall–Kier alpha value is -1.06. The van der Waals surface area contributed by atoms with Crippen molar-refractivity contribution in [3.63, 3.8) is 0 Å². The highest BCUT2D eigenvalue weighted by Crippen LogP contribution is 2.22. The Labute approximate surface area is 167 Å². The highest BCUT2D eigenvalue weighted by atomic mass is 16.4. The zero-order chi connectivity index (χ0) is 20.4. The van der Waals surface area contributed by atoms with Gasteiger partial charge in [0.1, 0.15) is 6.54 Å². The van der Waals surface area contributed by atoms with Crippen molar-refractivity contribution in [2.45, 2.75) is 124 Å². The third-order valence-electron chi connectivity index (χ3n) is 5.02. The van der Waals surface area contributed by atoms with E-state index in [1.54, 1.807) is 0 Å². The minimum Gasteiger partial charge on any atom is -0.480 e. The molecule has 0 radical (unpaired) electrons. The Balaban J connectivity index is 3.15. The molecule has 2 N–H and O–H groups in total. The number of carbonyl (C=O) groups excluding carboxylic acids is 1. The fraction of sp³-hybridized carbons (Fsp3) is 0.913. The van der Waals surface area contributed by atoms with E-state index in [9.17, 15) is 9.59 Å². The number of carbonyl (C=O) groups is 2. The number of amides is 1. The van der Waals surface area contributed by atoms with Gasteiger partial charge in [0.25, 0.3) is 0 Å². The summed E-state index contributed by atoms with van der Waals surface area (Å²) in [6.45, 7) is 6.72. The number of carboxylic acids is 1. The standard InChI is InChI=1S/C23H45NO3/c1-23(2,3)19-17-15-13-11-9-7-5-4-6-8-10-12-14-16-18-21(25)24-20-22(26)27/h4-20H2,1-3H3,(H,24,25)(H,26,27). The molecule has 1 amide bonds. The predicted octanol–water partition coefficient (Wildman–Crippen LogP) is 6.47. The third kappa shape index (κ3) is 22.9. The molecule has 0 heterocycles. The van der Waals surface area contributed by atoms with Crippen molar-refractivity contribution in [1.29, 1.82) is 0 Å². The van der Waals surface area contributed by atoms with Crippen molar-refractivity contribution in [3.05, 3.63) is 0 Å². The summed E-state index contributed by atoms with van der Waals surface area (Å²) in [6.07, 6.45) is 19.9. The van der Waals surface area contributed by atoms with E-state index in [1.165, 1.54) is 83.5 Å². The molecule has 0 unspecified atom stereocenters. The van der Waals surface area contributed by atoms with Crippen molar-refractivity contribution in [2.24, 2.45) is 5.41 Å². The highest BCUT2D eigenvalue weighted by Gasteiger charge is 2.08. The molecule has 0 atom stereocenters. The molecule has 0 aliphatic rings. The zero-order valence-corrected chi connectivity index (χ0v) is 18.3. The van der Waals surface area contributed by atoms with Gasteiger partial charge < -0.3 is 10.4 Å². The molecule has 0 spiro atoms. The van der Waals surface area contributed by atoms with Gasteiger partial charge in [-0.2, -0.15) is 0 Å². The van der Waals surface area contributed by atoms with Crippen molar-refractivity contribution in [2.75, 3.05) is 6.54 Å². The molecule has 4 nitrogen and oxygen atoms in total.